The fourth-order valence-corrected chi connectivity index (χ4v) is 13.1. The van der Waals surface area contributed by atoms with Gasteiger partial charge in [-0.1, -0.05) is 128 Å². The minimum absolute atomic E-state index is 0.0678. The van der Waals surface area contributed by atoms with Crippen molar-refractivity contribution in [2.75, 3.05) is 28.9 Å². The summed E-state index contributed by atoms with van der Waals surface area (Å²) in [5.41, 5.74) is 25.6. The molecule has 10 aromatic carbocycles. The fraction of sp³-hybridized carbons (Fsp3) is 0.200. The number of methoxy groups -OCH3 is 2. The summed E-state index contributed by atoms with van der Waals surface area (Å²) in [6.07, 6.45) is 0. The van der Waals surface area contributed by atoms with Crippen LogP contribution in [0.25, 0.3) is 22.3 Å². The van der Waals surface area contributed by atoms with Crippen LogP contribution in [0.3, 0.4) is 0 Å². The second-order valence-corrected chi connectivity index (χ2v) is 25.1. The van der Waals surface area contributed by atoms with Crippen molar-refractivity contribution in [1.82, 2.24) is 0 Å². The number of fused-ring (bicyclic) bond motifs is 7. The number of rotatable bonds is 10. The van der Waals surface area contributed by atoms with Crippen LogP contribution in [0.15, 0.2) is 206 Å². The van der Waals surface area contributed by atoms with E-state index >= 15 is 0 Å². The van der Waals surface area contributed by atoms with Crippen molar-refractivity contribution in [3.05, 3.63) is 240 Å². The van der Waals surface area contributed by atoms with Crippen LogP contribution in [0.4, 0.5) is 51.2 Å². The molecule has 0 aromatic heterocycles. The predicted molar refractivity (Wildman–Crippen MR) is 345 cm³/mol. The molecule has 0 radical (unpaired) electrons. The summed E-state index contributed by atoms with van der Waals surface area (Å²) in [7, 11) is 3.41. The number of anilines is 9. The maximum atomic E-state index is 7.40. The highest BCUT2D eigenvalue weighted by atomic mass is 16.5. The van der Waals surface area contributed by atoms with Crippen molar-refractivity contribution in [3.63, 3.8) is 0 Å². The van der Waals surface area contributed by atoms with E-state index in [1.165, 1.54) is 77.7 Å². The molecule has 2 heterocycles. The van der Waals surface area contributed by atoms with Gasteiger partial charge in [0.1, 0.15) is 23.0 Å². The van der Waals surface area contributed by atoms with Gasteiger partial charge in [-0.25, -0.2) is 0 Å². The molecule has 1 aliphatic carbocycles. The molecule has 10 aromatic rings. The lowest BCUT2D eigenvalue weighted by atomic mass is 9.33. The van der Waals surface area contributed by atoms with Gasteiger partial charge in [0.2, 0.25) is 0 Å². The predicted octanol–water partition coefficient (Wildman–Crippen LogP) is 18.2. The Kier molecular flexibility index (Phi) is 12.6. The van der Waals surface area contributed by atoms with Gasteiger partial charge in [0.25, 0.3) is 6.71 Å². The van der Waals surface area contributed by atoms with Crippen molar-refractivity contribution >= 4 is 74.3 Å². The Morgan fingerprint density at radius 2 is 0.988 bits per heavy atom. The first-order valence-electron chi connectivity index (χ1n) is 28.7. The van der Waals surface area contributed by atoms with Gasteiger partial charge in [0.05, 0.1) is 14.2 Å². The van der Waals surface area contributed by atoms with Crippen LogP contribution >= 0.6 is 0 Å². The van der Waals surface area contributed by atoms with Gasteiger partial charge in [-0.2, -0.15) is 0 Å². The molecule has 0 atom stereocenters. The molecular formula is C75H70BN3O3. The van der Waals surface area contributed by atoms with Crippen molar-refractivity contribution < 1.29 is 14.2 Å². The molecule has 0 unspecified atom stereocenters. The van der Waals surface area contributed by atoms with Crippen LogP contribution in [0.1, 0.15) is 88.8 Å². The third kappa shape index (κ3) is 8.80. The smallest absolute Gasteiger partial charge is 0.256 e. The molecule has 0 saturated heterocycles. The summed E-state index contributed by atoms with van der Waals surface area (Å²) in [4.78, 5) is 7.17. The standard InChI is InChI=1S/C75H70BN3O3/c1-47-39-58(78(54-28-33-59(80-11)34-29-54)55-30-35-60(81-12)36-31-55)40-48(2)71(47)49-23-26-56(27-24-49)79-67-38-25-50(73(3,4)5)41-65(67)76-66-46-64-62(45-69(66)82-70-43-51(74(6,7)8)42-68(79)72(70)76)61-37-32-57(44-63(61)75(64,9)10)77(52-19-15-13-16-20-52)53-21-17-14-18-22-53/h13-46H,1-12H3. The Bertz CT molecular complexity index is 3990. The maximum absolute atomic E-state index is 7.40. The summed E-state index contributed by atoms with van der Waals surface area (Å²) in [6.45, 7) is 23.1. The summed E-state index contributed by atoms with van der Waals surface area (Å²) < 4.78 is 18.5. The van der Waals surface area contributed by atoms with Crippen LogP contribution < -0.4 is 45.3 Å². The van der Waals surface area contributed by atoms with E-state index in [4.69, 9.17) is 14.2 Å². The average Bonchev–Trinajstić information content (AvgIpc) is 1.68. The Labute approximate surface area is 485 Å². The van der Waals surface area contributed by atoms with Crippen LogP contribution in [0.2, 0.25) is 0 Å². The van der Waals surface area contributed by atoms with E-state index in [0.29, 0.717) is 0 Å². The van der Waals surface area contributed by atoms with Gasteiger partial charge < -0.3 is 28.9 Å². The molecule has 406 valence electrons. The molecule has 6 nitrogen and oxygen atoms in total. The normalized spacial score (nSPS) is 13.5. The van der Waals surface area contributed by atoms with E-state index in [0.717, 1.165) is 68.5 Å². The monoisotopic (exact) mass is 1070 g/mol. The van der Waals surface area contributed by atoms with E-state index in [2.05, 4.69) is 266 Å². The SMILES string of the molecule is COc1ccc(N(c2ccc(OC)cc2)c2cc(C)c(-c3ccc(N4c5ccc(C(C)(C)C)cc5B5c6cc7c(cc6Oc6cc(C(C)(C)C)cc4c65)-c4ccc(N(c5ccccc5)c5ccccc5)cc4C7(C)C)cc3)c(C)c2)cc1. The highest BCUT2D eigenvalue weighted by molar-refractivity contribution is 6.99. The van der Waals surface area contributed by atoms with Crippen LogP contribution in [0.5, 0.6) is 23.0 Å². The van der Waals surface area contributed by atoms with Gasteiger partial charge in [-0.05, 0) is 230 Å². The number of ether oxygens (including phenoxy) is 3. The number of aryl methyl sites for hydroxylation is 2. The molecule has 82 heavy (non-hydrogen) atoms. The number of hydrogen-bond acceptors (Lipinski definition) is 6. The molecule has 0 saturated carbocycles. The lowest BCUT2D eigenvalue weighted by Crippen LogP contribution is -2.60. The summed E-state index contributed by atoms with van der Waals surface area (Å²) in [5.74, 6) is 3.48. The van der Waals surface area contributed by atoms with Gasteiger partial charge in [0, 0.05) is 56.6 Å². The zero-order chi connectivity index (χ0) is 57.0. The van der Waals surface area contributed by atoms with Crippen molar-refractivity contribution in [2.45, 2.75) is 85.5 Å². The van der Waals surface area contributed by atoms with Crippen LogP contribution in [-0.2, 0) is 16.2 Å². The Morgan fingerprint density at radius 1 is 0.451 bits per heavy atom. The third-order valence-corrected chi connectivity index (χ3v) is 17.4. The maximum Gasteiger partial charge on any atom is 0.256 e. The quantitative estimate of drug-likeness (QED) is 0.127. The lowest BCUT2D eigenvalue weighted by Gasteiger charge is -2.42. The summed E-state index contributed by atoms with van der Waals surface area (Å²) in [5, 5.41) is 0. The number of hydrogen-bond donors (Lipinski definition) is 0. The fourth-order valence-electron chi connectivity index (χ4n) is 13.1. The molecule has 0 spiro atoms. The first-order chi connectivity index (χ1) is 39.4. The Balaban J connectivity index is 0.920. The topological polar surface area (TPSA) is 37.4 Å². The van der Waals surface area contributed by atoms with Crippen molar-refractivity contribution in [2.24, 2.45) is 0 Å². The molecular weight excluding hydrogens is 1000 g/mol. The number of nitrogens with zero attached hydrogens (tertiary/aromatic N) is 3. The molecule has 0 amide bonds. The minimum atomic E-state index is -0.296. The van der Waals surface area contributed by atoms with Gasteiger partial charge in [-0.3, -0.25) is 0 Å². The lowest BCUT2D eigenvalue weighted by molar-refractivity contribution is 0.415. The van der Waals surface area contributed by atoms with Crippen LogP contribution in [0, 0.1) is 13.8 Å². The van der Waals surface area contributed by atoms with E-state index in [1.807, 2.05) is 24.3 Å². The highest BCUT2D eigenvalue weighted by Crippen LogP contribution is 2.53. The largest absolute Gasteiger partial charge is 0.497 e. The first-order valence-corrected chi connectivity index (χ1v) is 28.7. The third-order valence-electron chi connectivity index (χ3n) is 17.4. The zero-order valence-electron chi connectivity index (χ0n) is 49.3. The van der Waals surface area contributed by atoms with Gasteiger partial charge >= 0.3 is 0 Å². The molecule has 13 rings (SSSR count). The molecule has 2 aliphatic heterocycles. The van der Waals surface area contributed by atoms with Crippen LogP contribution in [-0.4, -0.2) is 20.9 Å². The molecule has 3 aliphatic rings. The van der Waals surface area contributed by atoms with Crippen molar-refractivity contribution in [3.8, 4) is 45.3 Å². The second-order valence-electron chi connectivity index (χ2n) is 25.1. The number of para-hydroxylation sites is 2. The second kappa shape index (κ2) is 19.7. The van der Waals surface area contributed by atoms with E-state index in [1.54, 1.807) is 14.2 Å². The molecule has 0 fully saturated rings. The number of benzene rings is 10. The highest BCUT2D eigenvalue weighted by Gasteiger charge is 2.46. The van der Waals surface area contributed by atoms with E-state index in [9.17, 15) is 0 Å². The van der Waals surface area contributed by atoms with Gasteiger partial charge in [-0.15, -0.1) is 0 Å². The minimum Gasteiger partial charge on any atom is -0.497 e. The molecule has 0 bridgehead atoms. The van der Waals surface area contributed by atoms with E-state index in [-0.39, 0.29) is 23.0 Å². The first kappa shape index (κ1) is 52.4. The Hall–Kier alpha value is -8.94. The Morgan fingerprint density at radius 3 is 1.55 bits per heavy atom. The average molecular weight is 1070 g/mol. The zero-order valence-corrected chi connectivity index (χ0v) is 49.3. The molecule has 0 N–H and O–H groups in total. The summed E-state index contributed by atoms with van der Waals surface area (Å²) >= 11 is 0. The summed E-state index contributed by atoms with van der Waals surface area (Å²) in [6, 6.07) is 75.7. The molecule has 7 heteroatoms. The van der Waals surface area contributed by atoms with Crippen molar-refractivity contribution in [1.29, 1.82) is 0 Å². The van der Waals surface area contributed by atoms with E-state index < -0.39 is 0 Å². The van der Waals surface area contributed by atoms with Gasteiger partial charge in [0.15, 0.2) is 0 Å².